The summed E-state index contributed by atoms with van der Waals surface area (Å²) in [5.74, 6) is -1.26. The largest absolute Gasteiger partial charge is 0.492 e. The number of hydrogen-bond acceptors (Lipinski definition) is 13. The Bertz CT molecular complexity index is 2230. The van der Waals surface area contributed by atoms with Crippen LogP contribution in [0.1, 0.15) is 67.6 Å². The number of unbranched alkanes of at least 4 members (excludes halogenated alkanes) is 2. The molecule has 3 aromatic rings. The molecule has 2 aliphatic carbocycles. The molecule has 0 aromatic heterocycles. The van der Waals surface area contributed by atoms with E-state index < -0.39 is 27.6 Å². The first-order chi connectivity index (χ1) is 31.1. The highest BCUT2D eigenvalue weighted by atomic mass is 16.7. The first-order valence-electron chi connectivity index (χ1n) is 22.0. The third kappa shape index (κ3) is 10.5. The summed E-state index contributed by atoms with van der Waals surface area (Å²) < 4.78 is 20.5. The lowest BCUT2D eigenvalue weighted by molar-refractivity contribution is -0.385. The number of allylic oxidation sites excluding steroid dienone is 1. The van der Waals surface area contributed by atoms with Crippen molar-refractivity contribution in [2.75, 3.05) is 53.1 Å². The number of likely N-dealkylation sites (N-methyl/N-ethyl adjacent to an activating group) is 1. The first-order valence-corrected chi connectivity index (χ1v) is 22.0. The van der Waals surface area contributed by atoms with Crippen LogP contribution in [-0.2, 0) is 21.0 Å². The highest BCUT2D eigenvalue weighted by Crippen LogP contribution is 2.61. The fourth-order valence-corrected chi connectivity index (χ4v) is 9.45. The number of nitro benzene ring substituents is 2. The maximum Gasteiger partial charge on any atom is 0.269 e. The Hall–Kier alpha value is -5.94. The molecule has 6 unspecified atom stereocenters. The molecule has 16 nitrogen and oxygen atoms in total. The molecule has 2 N–H and O–H groups in total. The summed E-state index contributed by atoms with van der Waals surface area (Å²) in [6.07, 6.45) is 11.5. The molecule has 2 fully saturated rings. The molecule has 2 heterocycles. The van der Waals surface area contributed by atoms with Crippen molar-refractivity contribution in [2.45, 2.75) is 69.3 Å². The lowest BCUT2D eigenvalue weighted by Crippen LogP contribution is -2.69. The standard InChI is InChI=1S/C48H57N5O11/c1-3-27-62-48-44(50(2)45(56)21-14-33-10-15-36(16-11-33)52(57)58)31-42(49-63-32-34-12-17-37(18-13-34)53(59)60)40-29-35(8-4-6-25-54)39(9-5-7-26-55)46(47(40)48)41-30-38(19-20-43(41)64-48)61-28-24-51-22-23-51/h3,10-21,29-30,35,39,44,46-47,54-55H,1,4-9,22-28,31-32H2,2H3. The number of ether oxygens (including phenoxy) is 3. The van der Waals surface area contributed by atoms with E-state index in [1.54, 1.807) is 48.4 Å². The van der Waals surface area contributed by atoms with Gasteiger partial charge in [-0.1, -0.05) is 30.1 Å². The lowest BCUT2D eigenvalue weighted by atomic mass is 9.55. The number of benzene rings is 3. The second-order valence-corrected chi connectivity index (χ2v) is 16.8. The van der Waals surface area contributed by atoms with Crippen LogP contribution in [0.2, 0.25) is 0 Å². The van der Waals surface area contributed by atoms with Crippen LogP contribution >= 0.6 is 0 Å². The predicted octanol–water partition coefficient (Wildman–Crippen LogP) is 7.20. The zero-order valence-electron chi connectivity index (χ0n) is 36.2. The average molecular weight is 880 g/mol. The first kappa shape index (κ1) is 46.1. The number of carbonyl (C=O) groups is 1. The summed E-state index contributed by atoms with van der Waals surface area (Å²) in [7, 11) is 1.69. The van der Waals surface area contributed by atoms with Crippen molar-refractivity contribution < 1.29 is 43.9 Å². The van der Waals surface area contributed by atoms with Crippen LogP contribution < -0.4 is 9.47 Å². The van der Waals surface area contributed by atoms with Crippen LogP contribution in [0.3, 0.4) is 0 Å². The van der Waals surface area contributed by atoms with Gasteiger partial charge in [0, 0.05) is 88.1 Å². The van der Waals surface area contributed by atoms with Crippen molar-refractivity contribution in [1.82, 2.24) is 9.80 Å². The second kappa shape index (κ2) is 21.2. The molecule has 3 aromatic carbocycles. The van der Waals surface area contributed by atoms with E-state index in [1.165, 1.54) is 30.3 Å². The van der Waals surface area contributed by atoms with Crippen LogP contribution in [0.5, 0.6) is 11.5 Å². The number of carbonyl (C=O) groups excluding carboxylic acids is 1. The molecule has 4 aliphatic rings. The van der Waals surface area contributed by atoms with Crippen molar-refractivity contribution in [3.8, 4) is 11.5 Å². The Kier molecular flexibility index (Phi) is 15.2. The number of fused-ring (bicyclic) bond motifs is 2. The minimum Gasteiger partial charge on any atom is -0.492 e. The van der Waals surface area contributed by atoms with Gasteiger partial charge in [0.2, 0.25) is 11.7 Å². The number of aliphatic hydroxyl groups is 2. The van der Waals surface area contributed by atoms with E-state index in [1.807, 2.05) is 12.1 Å². The smallest absolute Gasteiger partial charge is 0.269 e. The molecule has 0 bridgehead atoms. The normalized spacial score (nSPS) is 24.0. The van der Waals surface area contributed by atoms with E-state index >= 15 is 0 Å². The molecule has 1 amide bonds. The van der Waals surface area contributed by atoms with Crippen LogP contribution in [0, 0.1) is 38.0 Å². The van der Waals surface area contributed by atoms with Gasteiger partial charge in [-0.05, 0) is 103 Å². The molecule has 64 heavy (non-hydrogen) atoms. The Morgan fingerprint density at radius 2 is 1.67 bits per heavy atom. The Morgan fingerprint density at radius 3 is 2.33 bits per heavy atom. The van der Waals surface area contributed by atoms with Gasteiger partial charge in [0.05, 0.1) is 28.1 Å². The number of nitrogens with zero attached hydrogens (tertiary/aromatic N) is 5. The molecule has 1 saturated carbocycles. The van der Waals surface area contributed by atoms with Gasteiger partial charge in [0.1, 0.15) is 30.8 Å². The van der Waals surface area contributed by atoms with Crippen molar-refractivity contribution in [2.24, 2.45) is 22.9 Å². The Morgan fingerprint density at radius 1 is 0.984 bits per heavy atom. The molecule has 7 rings (SSSR count). The summed E-state index contributed by atoms with van der Waals surface area (Å²) in [5, 5.41) is 47.2. The molecule has 1 saturated heterocycles. The van der Waals surface area contributed by atoms with E-state index in [0.29, 0.717) is 47.8 Å². The molecule has 6 atom stereocenters. The zero-order chi connectivity index (χ0) is 45.2. The Balaban J connectivity index is 1.35. The van der Waals surface area contributed by atoms with Crippen LogP contribution in [0.25, 0.3) is 6.08 Å². The maximum atomic E-state index is 14.4. The lowest BCUT2D eigenvalue weighted by Gasteiger charge is -2.59. The number of amides is 1. The van der Waals surface area contributed by atoms with E-state index in [-0.39, 0.29) is 67.9 Å². The quantitative estimate of drug-likeness (QED) is 0.0243. The fraction of sp³-hybridized carbons (Fsp3) is 0.458. The summed E-state index contributed by atoms with van der Waals surface area (Å²) in [6.45, 7) is 7.71. The van der Waals surface area contributed by atoms with Gasteiger partial charge < -0.3 is 34.2 Å². The van der Waals surface area contributed by atoms with Crippen LogP contribution in [-0.4, -0.2) is 106 Å². The third-order valence-corrected chi connectivity index (χ3v) is 12.8. The van der Waals surface area contributed by atoms with Crippen LogP contribution in [0.15, 0.2) is 102 Å². The van der Waals surface area contributed by atoms with Gasteiger partial charge in [0.15, 0.2) is 0 Å². The van der Waals surface area contributed by atoms with Gasteiger partial charge in [0.25, 0.3) is 11.4 Å². The maximum absolute atomic E-state index is 14.4. The molecule has 2 aliphatic heterocycles. The molecular weight excluding hydrogens is 823 g/mol. The van der Waals surface area contributed by atoms with E-state index in [2.05, 4.69) is 23.6 Å². The second-order valence-electron chi connectivity index (χ2n) is 16.8. The van der Waals surface area contributed by atoms with Crippen molar-refractivity contribution >= 4 is 29.1 Å². The molecule has 0 spiro atoms. The number of hydrogen-bond donors (Lipinski definition) is 2. The summed E-state index contributed by atoms with van der Waals surface area (Å²) in [6, 6.07) is 17.1. The topological polar surface area (TPSA) is 199 Å². The minimum absolute atomic E-state index is 0.0187. The van der Waals surface area contributed by atoms with Gasteiger partial charge in [-0.25, -0.2) is 0 Å². The van der Waals surface area contributed by atoms with Crippen LogP contribution in [0.4, 0.5) is 11.4 Å². The monoisotopic (exact) mass is 879 g/mol. The van der Waals surface area contributed by atoms with Crippen molar-refractivity contribution in [1.29, 1.82) is 0 Å². The number of aliphatic hydroxyl groups excluding tert-OH is 2. The third-order valence-electron chi connectivity index (χ3n) is 12.8. The minimum atomic E-state index is -1.46. The zero-order valence-corrected chi connectivity index (χ0v) is 36.2. The van der Waals surface area contributed by atoms with Gasteiger partial charge in [-0.3, -0.25) is 29.9 Å². The fourth-order valence-electron chi connectivity index (χ4n) is 9.45. The van der Waals surface area contributed by atoms with Gasteiger partial charge >= 0.3 is 0 Å². The highest BCUT2D eigenvalue weighted by molar-refractivity contribution is 6.03. The number of nitro groups is 2. The molecular formula is C48H57N5O11. The SMILES string of the molecule is C=CCOC12Oc3ccc(OCCN4CC4)cc3C3C(CCCCO)C(CCCCO)C=C(C(=NOCc4ccc([N+](=O)[O-])cc4)CC1N(C)C(=O)C=Cc1ccc([N+](=O)[O-])cc1)C32. The Labute approximate surface area is 372 Å². The van der Waals surface area contributed by atoms with Gasteiger partial charge in [-0.15, -0.1) is 6.58 Å². The average Bonchev–Trinajstić information content (AvgIpc) is 4.13. The molecule has 0 radical (unpaired) electrons. The summed E-state index contributed by atoms with van der Waals surface area (Å²) >= 11 is 0. The van der Waals surface area contributed by atoms with Crippen molar-refractivity contribution in [3.63, 3.8) is 0 Å². The summed E-state index contributed by atoms with van der Waals surface area (Å²) in [5.41, 5.74) is 3.57. The number of oxime groups is 1. The predicted molar refractivity (Wildman–Crippen MR) is 240 cm³/mol. The van der Waals surface area contributed by atoms with Gasteiger partial charge in [-0.2, -0.15) is 0 Å². The van der Waals surface area contributed by atoms with E-state index in [0.717, 1.165) is 56.5 Å². The molecule has 340 valence electrons. The molecule has 16 heteroatoms. The van der Waals surface area contributed by atoms with Crippen molar-refractivity contribution in [3.05, 3.63) is 134 Å². The number of non-ortho nitro benzene ring substituents is 2. The van der Waals surface area contributed by atoms with E-state index in [4.69, 9.17) is 24.2 Å². The van der Waals surface area contributed by atoms with E-state index in [9.17, 15) is 35.2 Å². The number of rotatable bonds is 23. The highest BCUT2D eigenvalue weighted by Gasteiger charge is 2.65. The summed E-state index contributed by atoms with van der Waals surface area (Å²) in [4.78, 5) is 46.0.